The highest BCUT2D eigenvalue weighted by atomic mass is 32.1. The smallest absolute Gasteiger partial charge is 0.252 e. The van der Waals surface area contributed by atoms with Crippen molar-refractivity contribution in [1.82, 2.24) is 14.9 Å². The Kier molecular flexibility index (Phi) is 6.35. The topological polar surface area (TPSA) is 85.3 Å². The third-order valence-electron chi connectivity index (χ3n) is 3.59. The third-order valence-corrected chi connectivity index (χ3v) is 3.91. The van der Waals surface area contributed by atoms with Crippen LogP contribution in [0.1, 0.15) is 13.3 Å². The Balaban J connectivity index is 2.55. The highest BCUT2D eigenvalue weighted by molar-refractivity contribution is 7.71. The van der Waals surface area contributed by atoms with Crippen molar-refractivity contribution in [2.75, 3.05) is 20.8 Å². The van der Waals surface area contributed by atoms with E-state index in [0.717, 1.165) is 6.42 Å². The van der Waals surface area contributed by atoms with Gasteiger partial charge in [0.25, 0.3) is 5.56 Å². The van der Waals surface area contributed by atoms with E-state index in [1.807, 2.05) is 6.92 Å². The van der Waals surface area contributed by atoms with Gasteiger partial charge < -0.3 is 19.4 Å². The number of aromatic amines is 1. The number of nitrogens with one attached hydrogen (secondary N) is 2. The first-order valence-corrected chi connectivity index (χ1v) is 8.24. The molecule has 0 aliphatic rings. The number of benzene rings is 1. The Morgan fingerprint density at radius 1 is 1.28 bits per heavy atom. The fraction of sp³-hybridized carbons (Fsp3) is 0.353. The summed E-state index contributed by atoms with van der Waals surface area (Å²) in [5, 5.41) is 2.80. The number of ether oxygens (including phenoxy) is 2. The number of rotatable bonds is 7. The molecule has 2 aromatic rings. The lowest BCUT2D eigenvalue weighted by Crippen LogP contribution is -2.30. The van der Waals surface area contributed by atoms with Crippen LogP contribution in [0.3, 0.4) is 0 Å². The van der Waals surface area contributed by atoms with Gasteiger partial charge in [0.1, 0.15) is 18.0 Å². The molecule has 1 aromatic carbocycles. The predicted molar refractivity (Wildman–Crippen MR) is 97.7 cm³/mol. The summed E-state index contributed by atoms with van der Waals surface area (Å²) < 4.78 is 12.4. The largest absolute Gasteiger partial charge is 0.497 e. The second-order valence-corrected chi connectivity index (χ2v) is 5.71. The second-order valence-electron chi connectivity index (χ2n) is 5.33. The molecule has 0 unspecified atom stereocenters. The van der Waals surface area contributed by atoms with Crippen molar-refractivity contribution in [2.45, 2.75) is 19.9 Å². The molecule has 2 N–H and O–H groups in total. The van der Waals surface area contributed by atoms with Crippen molar-refractivity contribution in [2.24, 2.45) is 0 Å². The minimum absolute atomic E-state index is 0.000129. The maximum Gasteiger partial charge on any atom is 0.252 e. The standard InChI is InChI=1S/C17H21N3O4S/c1-4-7-18-16(22)10-20-13(9-15(21)19-17(20)25)12-6-5-11(23-2)8-14(12)24-3/h5-6,8-9H,4,7,10H2,1-3H3,(H,18,22)(H,19,21,25). The van der Waals surface area contributed by atoms with Gasteiger partial charge in [-0.2, -0.15) is 0 Å². The minimum atomic E-state index is -0.344. The van der Waals surface area contributed by atoms with Crippen LogP contribution in [0, 0.1) is 4.77 Å². The highest BCUT2D eigenvalue weighted by Gasteiger charge is 2.15. The molecular weight excluding hydrogens is 342 g/mol. The normalized spacial score (nSPS) is 10.4. The molecule has 0 spiro atoms. The molecule has 0 atom stereocenters. The number of amides is 1. The highest BCUT2D eigenvalue weighted by Crippen LogP contribution is 2.32. The van der Waals surface area contributed by atoms with E-state index in [1.54, 1.807) is 29.9 Å². The molecule has 7 nitrogen and oxygen atoms in total. The summed E-state index contributed by atoms with van der Waals surface area (Å²) in [6, 6.07) is 6.62. The lowest BCUT2D eigenvalue weighted by Gasteiger charge is -2.16. The number of nitrogens with zero attached hydrogens (tertiary/aromatic N) is 1. The van der Waals surface area contributed by atoms with E-state index in [9.17, 15) is 9.59 Å². The Labute approximate surface area is 150 Å². The van der Waals surface area contributed by atoms with Crippen molar-refractivity contribution in [3.8, 4) is 22.8 Å². The molecule has 0 aliphatic heterocycles. The Bertz CT molecular complexity index is 873. The Morgan fingerprint density at radius 3 is 2.68 bits per heavy atom. The number of carbonyl (C=O) groups excluding carboxylic acids is 1. The number of aromatic nitrogens is 2. The fourth-order valence-corrected chi connectivity index (χ4v) is 2.64. The van der Waals surface area contributed by atoms with E-state index in [1.165, 1.54) is 13.2 Å². The molecule has 0 saturated carbocycles. The van der Waals surface area contributed by atoms with Crippen molar-refractivity contribution in [3.05, 3.63) is 39.4 Å². The predicted octanol–water partition coefficient (Wildman–Crippen LogP) is 2.12. The lowest BCUT2D eigenvalue weighted by molar-refractivity contribution is -0.121. The van der Waals surface area contributed by atoms with Crippen LogP contribution in [0.25, 0.3) is 11.3 Å². The maximum atomic E-state index is 12.1. The fourth-order valence-electron chi connectivity index (χ4n) is 2.37. The SMILES string of the molecule is CCCNC(=O)Cn1c(-c2ccc(OC)cc2OC)cc(=O)[nH]c1=S. The van der Waals surface area contributed by atoms with Crippen LogP contribution in [0.15, 0.2) is 29.1 Å². The molecule has 0 aliphatic carbocycles. The van der Waals surface area contributed by atoms with E-state index in [2.05, 4.69) is 10.3 Å². The average Bonchev–Trinajstić information content (AvgIpc) is 2.61. The van der Waals surface area contributed by atoms with Crippen LogP contribution in [-0.4, -0.2) is 36.2 Å². The summed E-state index contributed by atoms with van der Waals surface area (Å²) in [7, 11) is 3.08. The van der Waals surface area contributed by atoms with Gasteiger partial charge in [-0.3, -0.25) is 14.6 Å². The first-order chi connectivity index (χ1) is 12.0. The molecule has 0 bridgehead atoms. The molecule has 8 heteroatoms. The van der Waals surface area contributed by atoms with Crippen LogP contribution >= 0.6 is 12.2 Å². The van der Waals surface area contributed by atoms with Crippen LogP contribution in [0.4, 0.5) is 0 Å². The lowest BCUT2D eigenvalue weighted by atomic mass is 10.1. The first kappa shape index (κ1) is 18.7. The van der Waals surface area contributed by atoms with Crippen LogP contribution < -0.4 is 20.3 Å². The van der Waals surface area contributed by atoms with Gasteiger partial charge in [0.15, 0.2) is 4.77 Å². The van der Waals surface area contributed by atoms with Crippen molar-refractivity contribution >= 4 is 18.1 Å². The number of carbonyl (C=O) groups is 1. The van der Waals surface area contributed by atoms with Crippen LogP contribution in [0.2, 0.25) is 0 Å². The molecular formula is C17H21N3O4S. The summed E-state index contributed by atoms with van der Waals surface area (Å²) >= 11 is 5.25. The quantitative estimate of drug-likeness (QED) is 0.736. The molecule has 0 fully saturated rings. The number of hydrogen-bond donors (Lipinski definition) is 2. The average molecular weight is 363 g/mol. The van der Waals surface area contributed by atoms with E-state index in [0.29, 0.717) is 29.3 Å². The van der Waals surface area contributed by atoms with Gasteiger partial charge in [-0.25, -0.2) is 0 Å². The summed E-state index contributed by atoms with van der Waals surface area (Å²) in [6.07, 6.45) is 0.835. The van der Waals surface area contributed by atoms with Crippen molar-refractivity contribution in [3.63, 3.8) is 0 Å². The molecule has 1 aromatic heterocycles. The van der Waals surface area contributed by atoms with Crippen LogP contribution in [0.5, 0.6) is 11.5 Å². The number of methoxy groups -OCH3 is 2. The van der Waals surface area contributed by atoms with Crippen molar-refractivity contribution in [1.29, 1.82) is 0 Å². The molecule has 0 saturated heterocycles. The van der Waals surface area contributed by atoms with Crippen molar-refractivity contribution < 1.29 is 14.3 Å². The van der Waals surface area contributed by atoms with Gasteiger partial charge >= 0.3 is 0 Å². The van der Waals surface area contributed by atoms with Gasteiger partial charge in [0.05, 0.1) is 19.9 Å². The van der Waals surface area contributed by atoms with E-state index in [4.69, 9.17) is 21.7 Å². The molecule has 1 heterocycles. The molecule has 1 amide bonds. The van der Waals surface area contributed by atoms with Gasteiger partial charge in [0.2, 0.25) is 5.91 Å². The van der Waals surface area contributed by atoms with E-state index >= 15 is 0 Å². The third kappa shape index (κ3) is 4.48. The van der Waals surface area contributed by atoms with E-state index in [-0.39, 0.29) is 22.8 Å². The summed E-state index contributed by atoms with van der Waals surface area (Å²) in [6.45, 7) is 2.55. The van der Waals surface area contributed by atoms with Gasteiger partial charge in [0, 0.05) is 24.2 Å². The molecule has 0 radical (unpaired) electrons. The van der Waals surface area contributed by atoms with Gasteiger partial charge in [-0.05, 0) is 30.8 Å². The Hall–Kier alpha value is -2.61. The maximum absolute atomic E-state index is 12.1. The summed E-state index contributed by atoms with van der Waals surface area (Å²) in [5.74, 6) is 0.956. The zero-order valence-corrected chi connectivity index (χ0v) is 15.2. The molecule has 2 rings (SSSR count). The summed E-state index contributed by atoms with van der Waals surface area (Å²) in [4.78, 5) is 26.6. The first-order valence-electron chi connectivity index (χ1n) is 7.83. The molecule has 25 heavy (non-hydrogen) atoms. The Morgan fingerprint density at radius 2 is 2.04 bits per heavy atom. The van der Waals surface area contributed by atoms with Crippen LogP contribution in [-0.2, 0) is 11.3 Å². The zero-order chi connectivity index (χ0) is 18.4. The van der Waals surface area contributed by atoms with Gasteiger partial charge in [-0.15, -0.1) is 0 Å². The zero-order valence-electron chi connectivity index (χ0n) is 14.4. The number of hydrogen-bond acceptors (Lipinski definition) is 5. The number of H-pyrrole nitrogens is 1. The summed E-state index contributed by atoms with van der Waals surface area (Å²) in [5.41, 5.74) is 0.798. The molecule has 134 valence electrons. The second kappa shape index (κ2) is 8.48. The monoisotopic (exact) mass is 363 g/mol. The van der Waals surface area contributed by atoms with E-state index < -0.39 is 0 Å². The van der Waals surface area contributed by atoms with Gasteiger partial charge in [-0.1, -0.05) is 6.92 Å². The minimum Gasteiger partial charge on any atom is -0.497 e.